The van der Waals surface area contributed by atoms with Crippen LogP contribution in [0.4, 0.5) is 0 Å². The first-order valence-corrected chi connectivity index (χ1v) is 6.25. The van der Waals surface area contributed by atoms with Crippen molar-refractivity contribution in [3.05, 3.63) is 0 Å². The lowest BCUT2D eigenvalue weighted by molar-refractivity contribution is -0.118. The SMILES string of the molecule is CCCN(CC(C=O)(CC)CC)C(C)C. The topological polar surface area (TPSA) is 20.3 Å². The minimum absolute atomic E-state index is 0.126. The molecule has 2 nitrogen and oxygen atoms in total. The van der Waals surface area contributed by atoms with Crippen LogP contribution < -0.4 is 0 Å². The molecule has 2 heteroatoms. The highest BCUT2D eigenvalue weighted by atomic mass is 16.1. The molecule has 90 valence electrons. The molecule has 0 bridgehead atoms. The number of hydrogen-bond donors (Lipinski definition) is 0. The van der Waals surface area contributed by atoms with Crippen LogP contribution in [-0.4, -0.2) is 30.3 Å². The molecule has 0 radical (unpaired) electrons. The lowest BCUT2D eigenvalue weighted by atomic mass is 9.83. The fourth-order valence-electron chi connectivity index (χ4n) is 1.89. The van der Waals surface area contributed by atoms with Gasteiger partial charge in [-0.1, -0.05) is 20.8 Å². The summed E-state index contributed by atoms with van der Waals surface area (Å²) in [7, 11) is 0. The Morgan fingerprint density at radius 2 is 1.73 bits per heavy atom. The molecule has 0 spiro atoms. The van der Waals surface area contributed by atoms with Crippen molar-refractivity contribution in [2.75, 3.05) is 13.1 Å². The van der Waals surface area contributed by atoms with Crippen molar-refractivity contribution in [1.82, 2.24) is 4.90 Å². The summed E-state index contributed by atoms with van der Waals surface area (Å²) in [5.74, 6) is 0. The average molecular weight is 213 g/mol. The number of aldehydes is 1. The van der Waals surface area contributed by atoms with Gasteiger partial charge in [0.25, 0.3) is 0 Å². The van der Waals surface area contributed by atoms with Gasteiger partial charge in [-0.05, 0) is 39.7 Å². The second-order valence-corrected chi connectivity index (χ2v) is 4.75. The fraction of sp³-hybridized carbons (Fsp3) is 0.923. The van der Waals surface area contributed by atoms with Crippen LogP contribution in [-0.2, 0) is 4.79 Å². The third kappa shape index (κ3) is 4.33. The Labute approximate surface area is 95.0 Å². The summed E-state index contributed by atoms with van der Waals surface area (Å²) in [5, 5.41) is 0. The number of hydrogen-bond acceptors (Lipinski definition) is 2. The van der Waals surface area contributed by atoms with E-state index in [2.05, 4.69) is 39.5 Å². The summed E-state index contributed by atoms with van der Waals surface area (Å²) in [6.07, 6.45) is 4.21. The summed E-state index contributed by atoms with van der Waals surface area (Å²) in [4.78, 5) is 13.6. The second-order valence-electron chi connectivity index (χ2n) is 4.75. The molecule has 0 aromatic heterocycles. The number of rotatable bonds is 8. The van der Waals surface area contributed by atoms with Crippen molar-refractivity contribution in [2.45, 2.75) is 59.9 Å². The van der Waals surface area contributed by atoms with Gasteiger partial charge in [-0.2, -0.15) is 0 Å². The van der Waals surface area contributed by atoms with Crippen LogP contribution in [0.15, 0.2) is 0 Å². The van der Waals surface area contributed by atoms with Gasteiger partial charge in [-0.25, -0.2) is 0 Å². The highest BCUT2D eigenvalue weighted by Gasteiger charge is 2.28. The molecule has 0 aromatic carbocycles. The average Bonchev–Trinajstić information content (AvgIpc) is 2.24. The Bertz CT molecular complexity index is 173. The minimum Gasteiger partial charge on any atom is -0.303 e. The van der Waals surface area contributed by atoms with E-state index < -0.39 is 0 Å². The molecule has 0 saturated heterocycles. The molecule has 0 rings (SSSR count). The van der Waals surface area contributed by atoms with Crippen LogP contribution in [0, 0.1) is 5.41 Å². The first kappa shape index (κ1) is 14.6. The Hall–Kier alpha value is -0.370. The van der Waals surface area contributed by atoms with Crippen LogP contribution in [0.3, 0.4) is 0 Å². The zero-order chi connectivity index (χ0) is 11.9. The van der Waals surface area contributed by atoms with E-state index in [4.69, 9.17) is 0 Å². The van der Waals surface area contributed by atoms with Crippen molar-refractivity contribution < 1.29 is 4.79 Å². The molecule has 15 heavy (non-hydrogen) atoms. The van der Waals surface area contributed by atoms with Crippen molar-refractivity contribution in [2.24, 2.45) is 5.41 Å². The van der Waals surface area contributed by atoms with Crippen LogP contribution in [0.25, 0.3) is 0 Å². The molecule has 0 heterocycles. The maximum Gasteiger partial charge on any atom is 0.127 e. The Balaban J connectivity index is 4.52. The molecule has 0 aliphatic carbocycles. The van der Waals surface area contributed by atoms with E-state index in [1.807, 2.05) is 0 Å². The first-order valence-electron chi connectivity index (χ1n) is 6.25. The number of nitrogens with zero attached hydrogens (tertiary/aromatic N) is 1. The van der Waals surface area contributed by atoms with Gasteiger partial charge in [0.1, 0.15) is 6.29 Å². The van der Waals surface area contributed by atoms with Gasteiger partial charge in [0.15, 0.2) is 0 Å². The molecule has 0 unspecified atom stereocenters. The molecule has 0 saturated carbocycles. The number of carbonyl (C=O) groups is 1. The standard InChI is InChI=1S/C13H27NO/c1-6-9-14(12(4)5)10-13(7-2,8-3)11-15/h11-12H,6-10H2,1-5H3. The quantitative estimate of drug-likeness (QED) is 0.577. The third-order valence-electron chi connectivity index (χ3n) is 3.42. The van der Waals surface area contributed by atoms with E-state index in [9.17, 15) is 4.79 Å². The summed E-state index contributed by atoms with van der Waals surface area (Å²) in [6, 6.07) is 0.530. The molecule has 0 amide bonds. The van der Waals surface area contributed by atoms with Gasteiger partial charge in [0.2, 0.25) is 0 Å². The maximum atomic E-state index is 11.2. The molecular weight excluding hydrogens is 186 g/mol. The van der Waals surface area contributed by atoms with Crippen LogP contribution in [0.5, 0.6) is 0 Å². The lowest BCUT2D eigenvalue weighted by Crippen LogP contribution is -2.42. The van der Waals surface area contributed by atoms with Crippen molar-refractivity contribution in [3.63, 3.8) is 0 Å². The summed E-state index contributed by atoms with van der Waals surface area (Å²) < 4.78 is 0. The summed E-state index contributed by atoms with van der Waals surface area (Å²) in [5.41, 5.74) is -0.126. The van der Waals surface area contributed by atoms with Crippen LogP contribution in [0.1, 0.15) is 53.9 Å². The van der Waals surface area contributed by atoms with Gasteiger partial charge < -0.3 is 4.79 Å². The zero-order valence-corrected chi connectivity index (χ0v) is 11.0. The predicted molar refractivity (Wildman–Crippen MR) is 66.1 cm³/mol. The van der Waals surface area contributed by atoms with Gasteiger partial charge in [0, 0.05) is 18.0 Å². The lowest BCUT2D eigenvalue weighted by Gasteiger charge is -2.35. The van der Waals surface area contributed by atoms with Crippen molar-refractivity contribution >= 4 is 6.29 Å². The Morgan fingerprint density at radius 3 is 2.00 bits per heavy atom. The van der Waals surface area contributed by atoms with E-state index in [1.165, 1.54) is 0 Å². The largest absolute Gasteiger partial charge is 0.303 e. The molecule has 0 aromatic rings. The minimum atomic E-state index is -0.126. The van der Waals surface area contributed by atoms with Crippen LogP contribution >= 0.6 is 0 Å². The van der Waals surface area contributed by atoms with Gasteiger partial charge >= 0.3 is 0 Å². The van der Waals surface area contributed by atoms with E-state index in [0.29, 0.717) is 6.04 Å². The predicted octanol–water partition coefficient (Wildman–Crippen LogP) is 3.11. The molecule has 0 aliphatic heterocycles. The van der Waals surface area contributed by atoms with Crippen molar-refractivity contribution in [3.8, 4) is 0 Å². The van der Waals surface area contributed by atoms with Crippen molar-refractivity contribution in [1.29, 1.82) is 0 Å². The van der Waals surface area contributed by atoms with Crippen LogP contribution in [0.2, 0.25) is 0 Å². The smallest absolute Gasteiger partial charge is 0.127 e. The monoisotopic (exact) mass is 213 g/mol. The van der Waals surface area contributed by atoms with Gasteiger partial charge in [-0.15, -0.1) is 0 Å². The van der Waals surface area contributed by atoms with E-state index >= 15 is 0 Å². The fourth-order valence-corrected chi connectivity index (χ4v) is 1.89. The van der Waals surface area contributed by atoms with E-state index in [0.717, 1.165) is 38.6 Å². The Kier molecular flexibility index (Phi) is 6.82. The van der Waals surface area contributed by atoms with Gasteiger partial charge in [0.05, 0.1) is 0 Å². The highest BCUT2D eigenvalue weighted by molar-refractivity contribution is 5.59. The Morgan fingerprint density at radius 1 is 1.20 bits per heavy atom. The summed E-state index contributed by atoms with van der Waals surface area (Å²) in [6.45, 7) is 12.8. The molecule has 0 fully saturated rings. The normalized spacial score (nSPS) is 12.5. The molecular formula is C13H27NO. The third-order valence-corrected chi connectivity index (χ3v) is 3.42. The molecule has 0 N–H and O–H groups in total. The zero-order valence-electron chi connectivity index (χ0n) is 11.0. The van der Waals surface area contributed by atoms with Gasteiger partial charge in [-0.3, -0.25) is 4.90 Å². The first-order chi connectivity index (χ1) is 7.05. The highest BCUT2D eigenvalue weighted by Crippen LogP contribution is 2.25. The molecule has 0 aliphatic rings. The maximum absolute atomic E-state index is 11.2. The van der Waals surface area contributed by atoms with E-state index in [1.54, 1.807) is 0 Å². The van der Waals surface area contributed by atoms with E-state index in [-0.39, 0.29) is 5.41 Å². The summed E-state index contributed by atoms with van der Waals surface area (Å²) >= 11 is 0. The molecule has 0 atom stereocenters. The second kappa shape index (κ2) is 7.00. The number of carbonyl (C=O) groups excluding carboxylic acids is 1.